The zero-order valence-corrected chi connectivity index (χ0v) is 70.8. The first-order chi connectivity index (χ1) is 50.9. The summed E-state index contributed by atoms with van der Waals surface area (Å²) >= 11 is 0. The third-order valence-corrected chi connectivity index (χ3v) is 22.1. The molecule has 0 saturated carbocycles. The van der Waals surface area contributed by atoms with Gasteiger partial charge < -0.3 is 33.8 Å². The zero-order chi connectivity index (χ0) is 77.1. The Kier molecular flexibility index (Phi) is 76.0. The van der Waals surface area contributed by atoms with Crippen molar-refractivity contribution in [3.05, 3.63) is 0 Å². The van der Waals surface area contributed by atoms with E-state index in [0.717, 1.165) is 108 Å². The Morgan fingerprint density at radius 2 is 0.438 bits per heavy atom. The first-order valence-electron chi connectivity index (χ1n) is 44.5. The van der Waals surface area contributed by atoms with Crippen LogP contribution in [-0.4, -0.2) is 96.7 Å². The maximum Gasteiger partial charge on any atom is 0.472 e. The highest BCUT2D eigenvalue weighted by Gasteiger charge is 2.30. The van der Waals surface area contributed by atoms with Crippen LogP contribution in [0.4, 0.5) is 0 Å². The van der Waals surface area contributed by atoms with Gasteiger partial charge in [-0.1, -0.05) is 408 Å². The largest absolute Gasteiger partial charge is 0.472 e. The number of esters is 4. The van der Waals surface area contributed by atoms with Crippen LogP contribution in [-0.2, 0) is 65.4 Å². The topological polar surface area (TPSA) is 237 Å². The van der Waals surface area contributed by atoms with E-state index in [9.17, 15) is 43.2 Å². The maximum atomic E-state index is 13.1. The number of carbonyl (C=O) groups is 4. The minimum atomic E-state index is -4.96. The van der Waals surface area contributed by atoms with Crippen molar-refractivity contribution < 1.29 is 80.2 Å². The molecule has 0 aromatic rings. The second kappa shape index (κ2) is 77.4. The molecule has 0 bridgehead atoms. The highest BCUT2D eigenvalue weighted by molar-refractivity contribution is 7.47. The van der Waals surface area contributed by atoms with E-state index >= 15 is 0 Å². The van der Waals surface area contributed by atoms with Crippen molar-refractivity contribution in [2.45, 2.75) is 477 Å². The van der Waals surface area contributed by atoms with Crippen LogP contribution in [0.3, 0.4) is 0 Å². The number of rotatable bonds is 85. The van der Waals surface area contributed by atoms with E-state index in [-0.39, 0.29) is 25.7 Å². The molecule has 0 aromatic carbocycles. The van der Waals surface area contributed by atoms with E-state index in [1.807, 2.05) is 0 Å². The van der Waals surface area contributed by atoms with Gasteiger partial charge in [-0.3, -0.25) is 37.3 Å². The monoisotopic (exact) mass is 1540 g/mol. The summed E-state index contributed by atoms with van der Waals surface area (Å²) in [5.74, 6) is -0.471. The SMILES string of the molecule is CCCCCCCCCCCCCCCCCCCCC(=O)O[C@H](COC(=O)CCCCCCC)COP(=O)(O)OC[C@H](O)COP(=O)(O)OC[C@@H](COC(=O)CCCCCCCCCCCCCCCCCCCCC(C)C)OC(=O)CCCCCCCCCCCCCCCCCCCCC(C)C. The lowest BCUT2D eigenvalue weighted by Crippen LogP contribution is -2.30. The van der Waals surface area contributed by atoms with Gasteiger partial charge in [0.1, 0.15) is 19.3 Å². The van der Waals surface area contributed by atoms with Gasteiger partial charge in [-0.2, -0.15) is 0 Å². The van der Waals surface area contributed by atoms with E-state index in [1.165, 1.54) is 270 Å². The first-order valence-corrected chi connectivity index (χ1v) is 47.5. The van der Waals surface area contributed by atoms with E-state index in [1.54, 1.807) is 0 Å². The number of unbranched alkanes of at least 4 members (excludes halogenated alkanes) is 55. The third kappa shape index (κ3) is 79.9. The van der Waals surface area contributed by atoms with Gasteiger partial charge >= 0.3 is 39.5 Å². The van der Waals surface area contributed by atoms with Gasteiger partial charge in [0.25, 0.3) is 0 Å². The predicted octanol–water partition coefficient (Wildman–Crippen LogP) is 26.2. The van der Waals surface area contributed by atoms with Gasteiger partial charge in [0.05, 0.1) is 26.4 Å². The average molecular weight is 1540 g/mol. The van der Waals surface area contributed by atoms with Crippen LogP contribution >= 0.6 is 15.6 Å². The van der Waals surface area contributed by atoms with Crippen LogP contribution < -0.4 is 0 Å². The number of phosphoric acid groups is 2. The van der Waals surface area contributed by atoms with E-state index in [0.29, 0.717) is 25.7 Å². The molecule has 0 spiro atoms. The third-order valence-electron chi connectivity index (χ3n) is 20.2. The van der Waals surface area contributed by atoms with Gasteiger partial charge in [-0.25, -0.2) is 9.13 Å². The molecule has 0 amide bonds. The molecule has 105 heavy (non-hydrogen) atoms. The van der Waals surface area contributed by atoms with Gasteiger partial charge in [0, 0.05) is 25.7 Å². The number of hydrogen-bond acceptors (Lipinski definition) is 15. The summed E-state index contributed by atoms with van der Waals surface area (Å²) in [6, 6.07) is 0. The number of hydrogen-bond donors (Lipinski definition) is 3. The van der Waals surface area contributed by atoms with Crippen molar-refractivity contribution in [1.82, 2.24) is 0 Å². The minimum Gasteiger partial charge on any atom is -0.462 e. The molecular weight excluding hydrogens is 1370 g/mol. The Labute approximate surface area is 645 Å². The first kappa shape index (κ1) is 103. The van der Waals surface area contributed by atoms with E-state index in [4.69, 9.17) is 37.0 Å². The highest BCUT2D eigenvalue weighted by Crippen LogP contribution is 2.45. The molecule has 0 rings (SSSR count). The van der Waals surface area contributed by atoms with E-state index < -0.39 is 97.5 Å². The minimum absolute atomic E-state index is 0.108. The molecular formula is C86H168O17P2. The van der Waals surface area contributed by atoms with Gasteiger partial charge in [-0.05, 0) is 37.5 Å². The van der Waals surface area contributed by atoms with Gasteiger partial charge in [0.15, 0.2) is 12.2 Å². The number of phosphoric ester groups is 2. The molecule has 0 aliphatic carbocycles. The van der Waals surface area contributed by atoms with Crippen LogP contribution in [0.1, 0.15) is 459 Å². The standard InChI is InChI=1S/C86H168O17P2/c1-7-9-11-13-14-15-16-17-18-19-26-32-37-42-47-52-58-64-70-85(90)102-81(74-96-83(88)68-62-54-12-10-8-2)76-100-104(92,93)98-72-80(87)73-99-105(94,95)101-77-82(103-86(91)71-65-59-53-48-43-38-33-28-23-21-25-30-35-40-45-50-56-61-67-79(5)6)75-97-84(89)69-63-57-51-46-41-36-31-27-22-20-24-29-34-39-44-49-55-60-66-78(3)4/h78-82,87H,7-77H2,1-6H3,(H,92,93)(H,94,95)/t80-,81+,82+/m0/s1. The van der Waals surface area contributed by atoms with Crippen LogP contribution in [0.2, 0.25) is 0 Å². The van der Waals surface area contributed by atoms with Crippen molar-refractivity contribution >= 4 is 39.5 Å². The quantitative estimate of drug-likeness (QED) is 0.0222. The molecule has 0 aliphatic rings. The second-order valence-corrected chi connectivity index (χ2v) is 34.8. The Bertz CT molecular complexity index is 2010. The molecule has 0 fully saturated rings. The molecule has 0 radical (unpaired) electrons. The summed E-state index contributed by atoms with van der Waals surface area (Å²) in [6.45, 7) is 9.65. The lowest BCUT2D eigenvalue weighted by Gasteiger charge is -2.21. The summed E-state index contributed by atoms with van der Waals surface area (Å²) in [5, 5.41) is 10.6. The van der Waals surface area contributed by atoms with E-state index in [2.05, 4.69) is 41.5 Å². The summed E-state index contributed by atoms with van der Waals surface area (Å²) in [4.78, 5) is 72.9. The Hall–Kier alpha value is -1.94. The molecule has 3 N–H and O–H groups in total. The summed E-state index contributed by atoms with van der Waals surface area (Å²) < 4.78 is 68.6. The highest BCUT2D eigenvalue weighted by atomic mass is 31.2. The summed E-state index contributed by atoms with van der Waals surface area (Å²) in [5.41, 5.74) is 0. The lowest BCUT2D eigenvalue weighted by molar-refractivity contribution is -0.161. The molecule has 624 valence electrons. The fourth-order valence-corrected chi connectivity index (χ4v) is 15.0. The molecule has 19 heteroatoms. The van der Waals surface area contributed by atoms with Crippen molar-refractivity contribution in [2.75, 3.05) is 39.6 Å². The number of ether oxygens (including phenoxy) is 4. The molecule has 2 unspecified atom stereocenters. The van der Waals surface area contributed by atoms with Crippen LogP contribution in [0.25, 0.3) is 0 Å². The molecule has 0 saturated heterocycles. The van der Waals surface area contributed by atoms with Crippen LogP contribution in [0.5, 0.6) is 0 Å². The van der Waals surface area contributed by atoms with Crippen molar-refractivity contribution in [2.24, 2.45) is 11.8 Å². The van der Waals surface area contributed by atoms with Crippen molar-refractivity contribution in [1.29, 1.82) is 0 Å². The number of carbonyl (C=O) groups excluding carboxylic acids is 4. The smallest absolute Gasteiger partial charge is 0.462 e. The van der Waals surface area contributed by atoms with Crippen LogP contribution in [0, 0.1) is 11.8 Å². The Morgan fingerprint density at radius 1 is 0.257 bits per heavy atom. The fourth-order valence-electron chi connectivity index (χ4n) is 13.4. The van der Waals surface area contributed by atoms with Crippen molar-refractivity contribution in [3.8, 4) is 0 Å². The molecule has 0 heterocycles. The predicted molar refractivity (Wildman–Crippen MR) is 432 cm³/mol. The Morgan fingerprint density at radius 3 is 0.648 bits per heavy atom. The molecule has 17 nitrogen and oxygen atoms in total. The van der Waals surface area contributed by atoms with Crippen LogP contribution in [0.15, 0.2) is 0 Å². The fraction of sp³-hybridized carbons (Fsp3) is 0.953. The molecule has 5 atom stereocenters. The van der Waals surface area contributed by atoms with Gasteiger partial charge in [0.2, 0.25) is 0 Å². The molecule has 0 aromatic heterocycles. The maximum absolute atomic E-state index is 13.1. The Balaban J connectivity index is 5.10. The zero-order valence-electron chi connectivity index (χ0n) is 69.0. The van der Waals surface area contributed by atoms with Gasteiger partial charge in [-0.15, -0.1) is 0 Å². The van der Waals surface area contributed by atoms with Crippen molar-refractivity contribution in [3.63, 3.8) is 0 Å². The normalized spacial score (nSPS) is 13.8. The second-order valence-electron chi connectivity index (χ2n) is 31.9. The number of aliphatic hydroxyl groups excluding tert-OH is 1. The average Bonchev–Trinajstić information content (AvgIpc) is 0.923. The lowest BCUT2D eigenvalue weighted by atomic mass is 10.0. The summed E-state index contributed by atoms with van der Waals surface area (Å²) in [7, 11) is -9.92. The summed E-state index contributed by atoms with van der Waals surface area (Å²) in [6.07, 6.45) is 70.0. The molecule has 0 aliphatic heterocycles. The number of aliphatic hydroxyl groups is 1.